The Bertz CT molecular complexity index is 194. The van der Waals surface area contributed by atoms with Crippen LogP contribution in [0.5, 0.6) is 0 Å². The second-order valence-corrected chi connectivity index (χ2v) is 4.14. The molecule has 12 heavy (non-hydrogen) atoms. The van der Waals surface area contributed by atoms with E-state index in [2.05, 4.69) is 13.0 Å². The number of piperidine rings is 1. The second-order valence-electron chi connectivity index (χ2n) is 4.14. The van der Waals surface area contributed by atoms with Crippen molar-refractivity contribution in [1.82, 2.24) is 0 Å². The predicted molar refractivity (Wildman–Crippen MR) is 48.7 cm³/mol. The molecule has 2 N–H and O–H groups in total. The van der Waals surface area contributed by atoms with E-state index in [-0.39, 0.29) is 11.8 Å². The van der Waals surface area contributed by atoms with Crippen molar-refractivity contribution < 1.29 is 10.0 Å². The quantitative estimate of drug-likeness (QED) is 0.453. The Morgan fingerprint density at radius 3 is 2.17 bits per heavy atom. The number of hydrogen-bond acceptors (Lipinski definition) is 1. The zero-order chi connectivity index (χ0) is 9.35. The predicted octanol–water partition coefficient (Wildman–Crippen LogP) is -0.849. The van der Waals surface area contributed by atoms with Crippen LogP contribution in [0, 0.1) is 24.2 Å². The van der Waals surface area contributed by atoms with Gasteiger partial charge in [0.2, 0.25) is 0 Å². The van der Waals surface area contributed by atoms with Gasteiger partial charge in [0, 0.05) is 11.8 Å². The molecule has 1 heterocycles. The molecule has 0 aromatic carbocycles. The maximum Gasteiger partial charge on any atom is 0.140 e. The number of rotatable bonds is 0. The van der Waals surface area contributed by atoms with Gasteiger partial charge in [-0.05, 0) is 0 Å². The van der Waals surface area contributed by atoms with Gasteiger partial charge in [-0.15, -0.1) is 6.42 Å². The van der Waals surface area contributed by atoms with E-state index < -0.39 is 5.60 Å². The van der Waals surface area contributed by atoms with E-state index in [4.69, 9.17) is 6.42 Å². The molecule has 2 atom stereocenters. The summed E-state index contributed by atoms with van der Waals surface area (Å²) in [6.45, 7) is 5.98. The molecular formula is C10H18NO+. The van der Waals surface area contributed by atoms with Crippen LogP contribution in [-0.2, 0) is 0 Å². The van der Waals surface area contributed by atoms with Gasteiger partial charge in [0.1, 0.15) is 5.60 Å². The van der Waals surface area contributed by atoms with Crippen LogP contribution in [0.1, 0.15) is 13.8 Å². The van der Waals surface area contributed by atoms with E-state index in [1.54, 1.807) is 0 Å². The molecule has 1 rings (SSSR count). The fourth-order valence-electron chi connectivity index (χ4n) is 2.21. The van der Waals surface area contributed by atoms with E-state index in [0.29, 0.717) is 0 Å². The van der Waals surface area contributed by atoms with Crippen LogP contribution in [-0.4, -0.2) is 30.8 Å². The molecule has 0 bridgehead atoms. The molecule has 0 aromatic rings. The van der Waals surface area contributed by atoms with Crippen molar-refractivity contribution in [3.8, 4) is 12.3 Å². The van der Waals surface area contributed by atoms with Crippen molar-refractivity contribution in [2.75, 3.05) is 20.1 Å². The van der Waals surface area contributed by atoms with E-state index in [1.165, 1.54) is 4.90 Å². The number of aliphatic hydroxyl groups is 1. The van der Waals surface area contributed by atoms with Crippen molar-refractivity contribution in [3.05, 3.63) is 0 Å². The fraction of sp³-hybridized carbons (Fsp3) is 0.800. The van der Waals surface area contributed by atoms with E-state index in [0.717, 1.165) is 13.1 Å². The molecule has 1 saturated heterocycles. The number of terminal acetylenes is 1. The van der Waals surface area contributed by atoms with Crippen molar-refractivity contribution in [2.45, 2.75) is 19.4 Å². The van der Waals surface area contributed by atoms with Gasteiger partial charge in [-0.3, -0.25) is 0 Å². The van der Waals surface area contributed by atoms with Crippen LogP contribution in [0.2, 0.25) is 0 Å². The summed E-state index contributed by atoms with van der Waals surface area (Å²) in [5, 5.41) is 10.1. The highest BCUT2D eigenvalue weighted by atomic mass is 16.3. The summed E-state index contributed by atoms with van der Waals surface area (Å²) in [5.74, 6) is 2.94. The Hall–Kier alpha value is -0.520. The lowest BCUT2D eigenvalue weighted by Gasteiger charge is -2.41. The molecule has 0 aliphatic carbocycles. The van der Waals surface area contributed by atoms with Crippen molar-refractivity contribution >= 4 is 0 Å². The molecule has 2 heteroatoms. The van der Waals surface area contributed by atoms with Crippen LogP contribution in [0.4, 0.5) is 0 Å². The molecule has 0 saturated carbocycles. The normalized spacial score (nSPS) is 48.4. The van der Waals surface area contributed by atoms with E-state index in [9.17, 15) is 5.11 Å². The summed E-state index contributed by atoms with van der Waals surface area (Å²) in [5.41, 5.74) is -0.875. The van der Waals surface area contributed by atoms with Gasteiger partial charge >= 0.3 is 0 Å². The average Bonchev–Trinajstić information content (AvgIpc) is 2.00. The summed E-state index contributed by atoms with van der Waals surface area (Å²) in [4.78, 5) is 1.45. The first-order valence-corrected chi connectivity index (χ1v) is 4.52. The molecule has 1 aliphatic rings. The smallest absolute Gasteiger partial charge is 0.140 e. The highest BCUT2D eigenvalue weighted by Crippen LogP contribution is 2.26. The third-order valence-corrected chi connectivity index (χ3v) is 3.04. The monoisotopic (exact) mass is 168 g/mol. The van der Waals surface area contributed by atoms with Gasteiger partial charge < -0.3 is 10.0 Å². The molecular weight excluding hydrogens is 150 g/mol. The Labute approximate surface area is 74.6 Å². The molecule has 1 aliphatic heterocycles. The summed E-state index contributed by atoms with van der Waals surface area (Å²) in [6, 6.07) is 0. The minimum Gasteiger partial charge on any atom is -0.377 e. The number of hydrogen-bond donors (Lipinski definition) is 2. The minimum atomic E-state index is -0.875. The first kappa shape index (κ1) is 9.57. The lowest BCUT2D eigenvalue weighted by atomic mass is 9.76. The van der Waals surface area contributed by atoms with Gasteiger partial charge in [0.25, 0.3) is 0 Å². The molecule has 0 radical (unpaired) electrons. The minimum absolute atomic E-state index is 0.200. The van der Waals surface area contributed by atoms with Gasteiger partial charge in [-0.2, -0.15) is 0 Å². The zero-order valence-electron chi connectivity index (χ0n) is 8.09. The van der Waals surface area contributed by atoms with Crippen molar-refractivity contribution in [1.29, 1.82) is 0 Å². The maximum atomic E-state index is 10.1. The first-order chi connectivity index (χ1) is 5.50. The highest BCUT2D eigenvalue weighted by Gasteiger charge is 2.44. The number of nitrogens with one attached hydrogen (secondary N) is 1. The first-order valence-electron chi connectivity index (χ1n) is 4.52. The van der Waals surface area contributed by atoms with Gasteiger partial charge in [0.05, 0.1) is 20.1 Å². The van der Waals surface area contributed by atoms with Crippen LogP contribution in [0.3, 0.4) is 0 Å². The lowest BCUT2D eigenvalue weighted by molar-refractivity contribution is -0.895. The Balaban J connectivity index is 2.82. The summed E-state index contributed by atoms with van der Waals surface area (Å²) in [6.07, 6.45) is 5.35. The van der Waals surface area contributed by atoms with E-state index in [1.807, 2.05) is 13.8 Å². The van der Waals surface area contributed by atoms with Crippen LogP contribution >= 0.6 is 0 Å². The van der Waals surface area contributed by atoms with Crippen LogP contribution < -0.4 is 4.90 Å². The SMILES string of the molecule is C#CC1(O)[C@@H](C)C[NH+](C)C[C@@H]1C. The van der Waals surface area contributed by atoms with Crippen molar-refractivity contribution in [3.63, 3.8) is 0 Å². The molecule has 0 spiro atoms. The van der Waals surface area contributed by atoms with Crippen molar-refractivity contribution in [2.24, 2.45) is 11.8 Å². The summed E-state index contributed by atoms with van der Waals surface area (Å²) >= 11 is 0. The average molecular weight is 168 g/mol. The maximum absolute atomic E-state index is 10.1. The largest absolute Gasteiger partial charge is 0.377 e. The Kier molecular flexibility index (Phi) is 2.46. The third kappa shape index (κ3) is 1.35. The number of likely N-dealkylation sites (tertiary alicyclic amines) is 1. The molecule has 0 unspecified atom stereocenters. The highest BCUT2D eigenvalue weighted by molar-refractivity contribution is 5.13. The summed E-state index contributed by atoms with van der Waals surface area (Å²) in [7, 11) is 2.14. The topological polar surface area (TPSA) is 24.7 Å². The van der Waals surface area contributed by atoms with E-state index >= 15 is 0 Å². The van der Waals surface area contributed by atoms with Gasteiger partial charge in [-0.1, -0.05) is 19.8 Å². The molecule has 0 aromatic heterocycles. The summed E-state index contributed by atoms with van der Waals surface area (Å²) < 4.78 is 0. The van der Waals surface area contributed by atoms with Gasteiger partial charge in [0.15, 0.2) is 0 Å². The third-order valence-electron chi connectivity index (χ3n) is 3.04. The number of quaternary nitrogens is 1. The van der Waals surface area contributed by atoms with Crippen LogP contribution in [0.25, 0.3) is 0 Å². The molecule has 0 amide bonds. The molecule has 2 nitrogen and oxygen atoms in total. The van der Waals surface area contributed by atoms with Crippen LogP contribution in [0.15, 0.2) is 0 Å². The molecule has 1 fully saturated rings. The Morgan fingerprint density at radius 1 is 1.42 bits per heavy atom. The standard InChI is InChI=1S/C10H17NO/c1-5-10(12)8(2)6-11(4)7-9(10)3/h1,8-9,12H,6-7H2,2-4H3/p+1/t8-,9-/m0/s1. The van der Waals surface area contributed by atoms with Gasteiger partial charge in [-0.25, -0.2) is 0 Å². The molecule has 68 valence electrons. The zero-order valence-corrected chi connectivity index (χ0v) is 8.09. The fourth-order valence-corrected chi connectivity index (χ4v) is 2.21. The lowest BCUT2D eigenvalue weighted by Crippen LogP contribution is -3.12. The Morgan fingerprint density at radius 2 is 1.83 bits per heavy atom. The second kappa shape index (κ2) is 3.08.